The number of aromatic hydroxyl groups is 1. The molecule has 5 rings (SSSR count). The lowest BCUT2D eigenvalue weighted by Gasteiger charge is -2.09. The van der Waals surface area contributed by atoms with E-state index in [0.717, 1.165) is 43.9 Å². The van der Waals surface area contributed by atoms with Gasteiger partial charge >= 0.3 is 0 Å². The van der Waals surface area contributed by atoms with Crippen LogP contribution >= 0.6 is 0 Å². The monoisotopic (exact) mass is 369 g/mol. The Labute approximate surface area is 155 Å². The van der Waals surface area contributed by atoms with Crippen LogP contribution in [0.3, 0.4) is 0 Å². The van der Waals surface area contributed by atoms with Crippen LogP contribution < -0.4 is 31.2 Å². The van der Waals surface area contributed by atoms with E-state index in [1.807, 2.05) is 31.4 Å². The van der Waals surface area contributed by atoms with Crippen molar-refractivity contribution < 1.29 is 36.3 Å². The fraction of sp³-hybridized carbons (Fsp3) is 0.150. The van der Waals surface area contributed by atoms with Gasteiger partial charge in [-0.15, -0.1) is 0 Å². The average Bonchev–Trinajstić information content (AvgIpc) is 3.06. The first-order valence-corrected chi connectivity index (χ1v) is 8.01. The molecule has 132 valence electrons. The number of phenols is 1. The van der Waals surface area contributed by atoms with Gasteiger partial charge in [-0.25, -0.2) is 0 Å². The average molecular weight is 370 g/mol. The van der Waals surface area contributed by atoms with Crippen LogP contribution in [0, 0.1) is 0 Å². The molecule has 1 aromatic heterocycles. The molecule has 0 radical (unpaired) electrons. The van der Waals surface area contributed by atoms with Gasteiger partial charge in [0.2, 0.25) is 12.3 Å². The van der Waals surface area contributed by atoms with E-state index in [9.17, 15) is 5.11 Å². The highest BCUT2D eigenvalue weighted by atomic mass is 35.5. The van der Waals surface area contributed by atoms with Crippen LogP contribution in [0.4, 0.5) is 0 Å². The van der Waals surface area contributed by atoms with Crippen molar-refractivity contribution in [2.75, 3.05) is 13.9 Å². The Morgan fingerprint density at radius 1 is 0.962 bits per heavy atom. The number of hydrogen-bond donors (Lipinski definition) is 1. The molecule has 1 aliphatic heterocycles. The van der Waals surface area contributed by atoms with Crippen molar-refractivity contribution in [2.45, 2.75) is 0 Å². The van der Waals surface area contributed by atoms with Gasteiger partial charge in [-0.05, 0) is 35.7 Å². The summed E-state index contributed by atoms with van der Waals surface area (Å²) in [5.74, 6) is 2.14. The second-order valence-corrected chi connectivity index (χ2v) is 6.24. The fourth-order valence-corrected chi connectivity index (χ4v) is 3.66. The largest absolute Gasteiger partial charge is 1.00 e. The van der Waals surface area contributed by atoms with Gasteiger partial charge < -0.3 is 31.7 Å². The molecule has 0 aliphatic carbocycles. The second-order valence-electron chi connectivity index (χ2n) is 6.24. The molecule has 0 bridgehead atoms. The molecule has 1 aliphatic rings. The smallest absolute Gasteiger partial charge is 0.231 e. The number of methoxy groups -OCH3 is 1. The molecule has 0 unspecified atom stereocenters. The number of halogens is 1. The van der Waals surface area contributed by atoms with Crippen molar-refractivity contribution in [1.29, 1.82) is 0 Å². The molecule has 0 amide bonds. The van der Waals surface area contributed by atoms with Crippen molar-refractivity contribution >= 4 is 32.4 Å². The van der Waals surface area contributed by atoms with Gasteiger partial charge in [0.05, 0.1) is 23.3 Å². The summed E-state index contributed by atoms with van der Waals surface area (Å²) in [5, 5.41) is 15.4. The highest BCUT2D eigenvalue weighted by molar-refractivity contribution is 6.14. The lowest BCUT2D eigenvalue weighted by Crippen LogP contribution is -3.00. The minimum absolute atomic E-state index is 0. The van der Waals surface area contributed by atoms with Gasteiger partial charge in [-0.3, -0.25) is 0 Å². The van der Waals surface area contributed by atoms with Crippen LogP contribution in [0.5, 0.6) is 23.0 Å². The summed E-state index contributed by atoms with van der Waals surface area (Å²) < 4.78 is 18.4. The lowest BCUT2D eigenvalue weighted by molar-refractivity contribution is -0.642. The minimum Gasteiger partial charge on any atom is -1.00 e. The molecule has 3 aromatic carbocycles. The SMILES string of the molecule is COc1cc2c[n+](C)c3c4cc5c(cc4ccc3c2cc1O)OCO5.[Cl-]. The molecule has 4 aromatic rings. The molecule has 0 saturated carbocycles. The number of benzene rings is 3. The second kappa shape index (κ2) is 5.81. The summed E-state index contributed by atoms with van der Waals surface area (Å²) in [6.45, 7) is 0.256. The van der Waals surface area contributed by atoms with Gasteiger partial charge in [0.15, 0.2) is 29.2 Å². The van der Waals surface area contributed by atoms with Crippen molar-refractivity contribution in [3.63, 3.8) is 0 Å². The Hall–Kier alpha value is -2.92. The van der Waals surface area contributed by atoms with Crippen LogP contribution in [0.15, 0.2) is 42.6 Å². The summed E-state index contributed by atoms with van der Waals surface area (Å²) in [4.78, 5) is 0. The zero-order chi connectivity index (χ0) is 17.1. The van der Waals surface area contributed by atoms with E-state index in [0.29, 0.717) is 5.75 Å². The maximum atomic E-state index is 10.2. The predicted molar refractivity (Wildman–Crippen MR) is 94.5 cm³/mol. The van der Waals surface area contributed by atoms with E-state index >= 15 is 0 Å². The van der Waals surface area contributed by atoms with E-state index in [1.54, 1.807) is 13.2 Å². The molecule has 0 saturated heterocycles. The number of pyridine rings is 1. The first-order valence-electron chi connectivity index (χ1n) is 8.01. The number of phenolic OH excluding ortho intramolecular Hbond substituents is 1. The zero-order valence-electron chi connectivity index (χ0n) is 14.2. The quantitative estimate of drug-likeness (QED) is 0.390. The normalized spacial score (nSPS) is 12.5. The van der Waals surface area contributed by atoms with Crippen LogP contribution in [0.1, 0.15) is 0 Å². The fourth-order valence-electron chi connectivity index (χ4n) is 3.66. The number of ether oxygens (including phenoxy) is 3. The molecule has 5 nitrogen and oxygen atoms in total. The topological polar surface area (TPSA) is 51.8 Å². The molecular formula is C20H16ClNO4. The van der Waals surface area contributed by atoms with E-state index < -0.39 is 0 Å². The summed E-state index contributed by atoms with van der Waals surface area (Å²) in [7, 11) is 3.57. The molecule has 0 spiro atoms. The van der Waals surface area contributed by atoms with Crippen molar-refractivity contribution in [1.82, 2.24) is 0 Å². The predicted octanol–water partition coefficient (Wildman–Crippen LogP) is 0.418. The first-order chi connectivity index (χ1) is 12.2. The summed E-state index contributed by atoms with van der Waals surface area (Å²) >= 11 is 0. The van der Waals surface area contributed by atoms with E-state index in [4.69, 9.17) is 14.2 Å². The van der Waals surface area contributed by atoms with E-state index in [-0.39, 0.29) is 24.9 Å². The summed E-state index contributed by atoms with van der Waals surface area (Å²) in [6, 6.07) is 11.8. The lowest BCUT2D eigenvalue weighted by atomic mass is 10.0. The van der Waals surface area contributed by atoms with Crippen molar-refractivity contribution in [3.8, 4) is 23.0 Å². The van der Waals surface area contributed by atoms with Crippen molar-refractivity contribution in [2.24, 2.45) is 7.05 Å². The van der Waals surface area contributed by atoms with Gasteiger partial charge in [0.1, 0.15) is 7.05 Å². The standard InChI is InChI=1S/C20H15NO4.ClH/c1-21-9-12-6-17(23-2)16(22)7-14(12)13-4-3-11-5-18-19(25-10-24-18)8-15(11)20(13)21;/h3-9H,10H2,1-2H3;1H. The van der Waals surface area contributed by atoms with Crippen LogP contribution in [0.25, 0.3) is 32.4 Å². The number of hydrogen-bond acceptors (Lipinski definition) is 4. The number of aromatic nitrogens is 1. The van der Waals surface area contributed by atoms with Gasteiger partial charge in [-0.2, -0.15) is 4.57 Å². The highest BCUT2D eigenvalue weighted by Gasteiger charge is 2.20. The van der Waals surface area contributed by atoms with E-state index in [2.05, 4.69) is 16.7 Å². The molecule has 0 atom stereocenters. The third-order valence-corrected chi connectivity index (χ3v) is 4.81. The van der Waals surface area contributed by atoms with Crippen LogP contribution in [-0.2, 0) is 7.05 Å². The molecular weight excluding hydrogens is 354 g/mol. The molecule has 0 fully saturated rings. The van der Waals surface area contributed by atoms with Crippen molar-refractivity contribution in [3.05, 3.63) is 42.6 Å². The number of nitrogens with zero attached hydrogens (tertiary/aromatic N) is 1. The molecule has 2 heterocycles. The Kier molecular flexibility index (Phi) is 3.70. The third-order valence-electron chi connectivity index (χ3n) is 4.81. The molecule has 26 heavy (non-hydrogen) atoms. The zero-order valence-corrected chi connectivity index (χ0v) is 15.0. The Bertz CT molecular complexity index is 1190. The minimum atomic E-state index is 0. The Morgan fingerprint density at radius 2 is 1.73 bits per heavy atom. The maximum absolute atomic E-state index is 10.2. The highest BCUT2D eigenvalue weighted by Crippen LogP contribution is 2.40. The number of fused-ring (bicyclic) bond motifs is 6. The number of rotatable bonds is 1. The maximum Gasteiger partial charge on any atom is 0.231 e. The summed E-state index contributed by atoms with van der Waals surface area (Å²) in [6.07, 6.45) is 2.05. The molecule has 1 N–H and O–H groups in total. The Balaban J connectivity index is 0.00000168. The van der Waals surface area contributed by atoms with Gasteiger partial charge in [-0.1, -0.05) is 6.07 Å². The molecule has 6 heteroatoms. The van der Waals surface area contributed by atoms with E-state index in [1.165, 1.54) is 0 Å². The first kappa shape index (κ1) is 16.5. The van der Waals surface area contributed by atoms with Crippen LogP contribution in [-0.4, -0.2) is 19.0 Å². The summed E-state index contributed by atoms with van der Waals surface area (Å²) in [5.41, 5.74) is 1.08. The van der Waals surface area contributed by atoms with Gasteiger partial charge in [0.25, 0.3) is 0 Å². The van der Waals surface area contributed by atoms with Crippen LogP contribution in [0.2, 0.25) is 0 Å². The van der Waals surface area contributed by atoms with Gasteiger partial charge in [0, 0.05) is 5.39 Å². The number of aryl methyl sites for hydroxylation is 1. The Morgan fingerprint density at radius 3 is 2.50 bits per heavy atom. The third kappa shape index (κ3) is 2.21.